The molecule has 0 radical (unpaired) electrons. The van der Waals surface area contributed by atoms with Crippen molar-refractivity contribution in [1.29, 1.82) is 0 Å². The van der Waals surface area contributed by atoms with Gasteiger partial charge in [-0.3, -0.25) is 4.57 Å². The second-order valence-electron chi connectivity index (χ2n) is 13.3. The lowest BCUT2D eigenvalue weighted by Crippen LogP contribution is -1.99. The number of rotatable bonds is 5. The van der Waals surface area contributed by atoms with E-state index in [-0.39, 0.29) is 5.82 Å². The molecule has 0 aliphatic carbocycles. The average Bonchev–Trinajstić information content (AvgIpc) is 3.58. The van der Waals surface area contributed by atoms with E-state index in [0.29, 0.717) is 5.52 Å². The summed E-state index contributed by atoms with van der Waals surface area (Å²) >= 11 is 0. The Kier molecular flexibility index (Phi) is 7.04. The highest BCUT2D eigenvalue weighted by atomic mass is 19.1. The van der Waals surface area contributed by atoms with Crippen LogP contribution in [0.25, 0.3) is 93.8 Å². The van der Waals surface area contributed by atoms with Crippen LogP contribution in [0.15, 0.2) is 188 Å². The molecule has 9 aromatic carbocycles. The zero-order valence-corrected chi connectivity index (χ0v) is 28.2. The van der Waals surface area contributed by atoms with Gasteiger partial charge in [-0.2, -0.15) is 0 Å². The molecule has 0 fully saturated rings. The Labute approximate surface area is 300 Å². The van der Waals surface area contributed by atoms with Crippen LogP contribution >= 0.6 is 0 Å². The molecule has 0 aliphatic rings. The number of hydrogen-bond donors (Lipinski definition) is 0. The molecule has 0 N–H and O–H groups in total. The fourth-order valence-electron chi connectivity index (χ4n) is 7.94. The predicted octanol–water partition coefficient (Wildman–Crippen LogP) is 13.3. The summed E-state index contributed by atoms with van der Waals surface area (Å²) in [5.41, 5.74) is 10.3. The van der Waals surface area contributed by atoms with E-state index in [4.69, 9.17) is 4.98 Å². The molecule has 52 heavy (non-hydrogen) atoms. The van der Waals surface area contributed by atoms with E-state index in [0.717, 1.165) is 39.3 Å². The van der Waals surface area contributed by atoms with Crippen LogP contribution in [-0.2, 0) is 0 Å². The minimum absolute atomic E-state index is 0.307. The van der Waals surface area contributed by atoms with Gasteiger partial charge in [0.25, 0.3) is 0 Å². The van der Waals surface area contributed by atoms with Gasteiger partial charge in [0, 0.05) is 17.3 Å². The Hall–Kier alpha value is -6.84. The molecule has 0 bridgehead atoms. The van der Waals surface area contributed by atoms with Crippen LogP contribution in [0.2, 0.25) is 0 Å². The van der Waals surface area contributed by atoms with Crippen LogP contribution in [0.1, 0.15) is 0 Å². The fraction of sp³-hybridized carbons (Fsp3) is 0. The maximum Gasteiger partial charge on any atom is 0.146 e. The Morgan fingerprint density at radius 3 is 1.69 bits per heavy atom. The Balaban J connectivity index is 1.23. The monoisotopic (exact) mass is 666 g/mol. The summed E-state index contributed by atoms with van der Waals surface area (Å²) < 4.78 is 16.9. The maximum atomic E-state index is 14.7. The van der Waals surface area contributed by atoms with Gasteiger partial charge in [0.1, 0.15) is 11.6 Å². The second-order valence-corrected chi connectivity index (χ2v) is 13.3. The number of hydrogen-bond acceptors (Lipinski definition) is 1. The van der Waals surface area contributed by atoms with Crippen LogP contribution in [0.3, 0.4) is 0 Å². The molecule has 10 rings (SSSR count). The van der Waals surface area contributed by atoms with Crippen LogP contribution < -0.4 is 0 Å². The molecule has 0 spiro atoms. The van der Waals surface area contributed by atoms with Crippen molar-refractivity contribution in [3.05, 3.63) is 194 Å². The van der Waals surface area contributed by atoms with Crippen molar-refractivity contribution < 1.29 is 4.39 Å². The van der Waals surface area contributed by atoms with Gasteiger partial charge in [-0.05, 0) is 96.0 Å². The molecule has 3 heteroatoms. The molecule has 0 unspecified atom stereocenters. The van der Waals surface area contributed by atoms with E-state index >= 15 is 0 Å². The molecule has 0 saturated heterocycles. The van der Waals surface area contributed by atoms with Crippen LogP contribution in [0.5, 0.6) is 0 Å². The first-order chi connectivity index (χ1) is 25.7. The lowest BCUT2D eigenvalue weighted by atomic mass is 9.85. The van der Waals surface area contributed by atoms with Gasteiger partial charge in [-0.15, -0.1) is 0 Å². The quantitative estimate of drug-likeness (QED) is 0.167. The molecule has 10 aromatic rings. The zero-order valence-electron chi connectivity index (χ0n) is 28.2. The summed E-state index contributed by atoms with van der Waals surface area (Å²) in [6.45, 7) is 0. The van der Waals surface area contributed by atoms with Gasteiger partial charge < -0.3 is 0 Å². The molecule has 1 aromatic heterocycles. The summed E-state index contributed by atoms with van der Waals surface area (Å²) in [7, 11) is 0. The largest absolute Gasteiger partial charge is 0.292 e. The highest BCUT2D eigenvalue weighted by Gasteiger charge is 2.21. The van der Waals surface area contributed by atoms with Crippen molar-refractivity contribution in [1.82, 2.24) is 9.55 Å². The van der Waals surface area contributed by atoms with Crippen LogP contribution in [0, 0.1) is 5.82 Å². The minimum atomic E-state index is -0.307. The summed E-state index contributed by atoms with van der Waals surface area (Å²) in [5, 5.41) is 7.24. The maximum absolute atomic E-state index is 14.7. The molecule has 244 valence electrons. The van der Waals surface area contributed by atoms with Gasteiger partial charge in [-0.25, -0.2) is 9.37 Å². The first-order valence-electron chi connectivity index (χ1n) is 17.6. The Morgan fingerprint density at radius 2 is 0.981 bits per heavy atom. The van der Waals surface area contributed by atoms with Gasteiger partial charge in [0.15, 0.2) is 0 Å². The van der Waals surface area contributed by atoms with Crippen LogP contribution in [0.4, 0.5) is 4.39 Å². The summed E-state index contributed by atoms with van der Waals surface area (Å²) in [6.07, 6.45) is 0. The predicted molar refractivity (Wildman–Crippen MR) is 215 cm³/mol. The fourth-order valence-corrected chi connectivity index (χ4v) is 7.94. The van der Waals surface area contributed by atoms with E-state index in [1.165, 1.54) is 61.1 Å². The van der Waals surface area contributed by atoms with E-state index in [9.17, 15) is 4.39 Å². The number of imidazole rings is 1. The lowest BCUT2D eigenvalue weighted by molar-refractivity contribution is 0.629. The molecule has 0 aliphatic heterocycles. The van der Waals surface area contributed by atoms with E-state index in [1.54, 1.807) is 0 Å². The van der Waals surface area contributed by atoms with Crippen molar-refractivity contribution in [3.8, 4) is 50.5 Å². The Morgan fingerprint density at radius 1 is 0.404 bits per heavy atom. The summed E-state index contributed by atoms with van der Waals surface area (Å²) in [5.74, 6) is 0.455. The van der Waals surface area contributed by atoms with Crippen molar-refractivity contribution in [3.63, 3.8) is 0 Å². The third kappa shape index (κ3) is 4.90. The van der Waals surface area contributed by atoms with Crippen molar-refractivity contribution in [2.45, 2.75) is 0 Å². The summed E-state index contributed by atoms with van der Waals surface area (Å²) in [4.78, 5) is 5.10. The smallest absolute Gasteiger partial charge is 0.146 e. The van der Waals surface area contributed by atoms with Crippen LogP contribution in [-0.4, -0.2) is 9.55 Å². The highest BCUT2D eigenvalue weighted by molar-refractivity contribution is 6.21. The number of aromatic nitrogens is 2. The minimum Gasteiger partial charge on any atom is -0.292 e. The number of benzene rings is 9. The van der Waals surface area contributed by atoms with E-state index in [1.807, 2.05) is 30.3 Å². The molecular weight excluding hydrogens is 636 g/mol. The normalized spacial score (nSPS) is 11.6. The molecule has 0 amide bonds. The molecule has 2 nitrogen and oxygen atoms in total. The van der Waals surface area contributed by atoms with Crippen molar-refractivity contribution >= 4 is 43.4 Å². The number of halogens is 1. The summed E-state index contributed by atoms with van der Waals surface area (Å²) in [6, 6.07) is 65.1. The molecular formula is C49H31FN2. The topological polar surface area (TPSA) is 17.8 Å². The second kappa shape index (κ2) is 12.2. The number of fused-ring (bicyclic) bond motifs is 4. The molecule has 0 saturated carbocycles. The van der Waals surface area contributed by atoms with Gasteiger partial charge in [0.05, 0.1) is 11.0 Å². The zero-order chi connectivity index (χ0) is 34.6. The van der Waals surface area contributed by atoms with E-state index in [2.05, 4.69) is 150 Å². The Bertz CT molecular complexity index is 2920. The highest BCUT2D eigenvalue weighted by Crippen LogP contribution is 2.45. The third-order valence-corrected chi connectivity index (χ3v) is 10.2. The lowest BCUT2D eigenvalue weighted by Gasteiger charge is -2.19. The van der Waals surface area contributed by atoms with Crippen molar-refractivity contribution in [2.75, 3.05) is 0 Å². The SMILES string of the molecule is Fc1ccc2c(c1)nc(-c1ccccc1-c1ccccc1)n2-c1cccc(-c2c3ccccc3c(-c3ccc4ccccc4c3)c3ccccc23)c1. The van der Waals surface area contributed by atoms with Crippen molar-refractivity contribution in [2.24, 2.45) is 0 Å². The van der Waals surface area contributed by atoms with Gasteiger partial charge >= 0.3 is 0 Å². The first-order valence-corrected chi connectivity index (χ1v) is 17.6. The molecule has 0 atom stereocenters. The third-order valence-electron chi connectivity index (χ3n) is 10.2. The average molecular weight is 667 g/mol. The van der Waals surface area contributed by atoms with Gasteiger partial charge in [0.2, 0.25) is 0 Å². The number of nitrogens with zero attached hydrogens (tertiary/aromatic N) is 2. The standard InChI is InChI=1S/C49H31FN2/c50-37-27-28-46-45(31-37)51-49(44-24-11-6-19-39(44)33-14-2-1-3-15-33)52(46)38-18-12-17-35(30-38)47-40-20-7-9-22-42(40)48(43-23-10-8-21-41(43)47)36-26-25-32-13-4-5-16-34(32)29-36/h1-31H. The first kappa shape index (κ1) is 30.0. The van der Waals surface area contributed by atoms with Gasteiger partial charge in [-0.1, -0.05) is 152 Å². The molecule has 1 heterocycles. The van der Waals surface area contributed by atoms with E-state index < -0.39 is 0 Å².